The molecule has 0 atom stereocenters. The minimum atomic E-state index is 0.780. The molecular formula is C18H26N2. The Balaban J connectivity index is 2.04. The molecule has 2 heteroatoms. The van der Waals surface area contributed by atoms with Gasteiger partial charge in [0.25, 0.3) is 0 Å². The van der Waals surface area contributed by atoms with Gasteiger partial charge in [0, 0.05) is 25.4 Å². The van der Waals surface area contributed by atoms with Gasteiger partial charge in [0.15, 0.2) is 0 Å². The molecule has 0 aliphatic rings. The van der Waals surface area contributed by atoms with Gasteiger partial charge < -0.3 is 4.57 Å². The number of imidazole rings is 1. The molecule has 2 nitrogen and oxygen atoms in total. The van der Waals surface area contributed by atoms with Crippen LogP contribution in [0.15, 0.2) is 42.7 Å². The summed E-state index contributed by atoms with van der Waals surface area (Å²) in [5.74, 6) is 2.02. The van der Waals surface area contributed by atoms with Gasteiger partial charge in [-0.3, -0.25) is 0 Å². The monoisotopic (exact) mass is 270 g/mol. The molecule has 0 aliphatic carbocycles. The molecule has 0 bridgehead atoms. The second kappa shape index (κ2) is 7.88. The second-order valence-electron chi connectivity index (χ2n) is 5.60. The minimum Gasteiger partial charge on any atom is -0.331 e. The smallest absolute Gasteiger partial charge is 0.109 e. The van der Waals surface area contributed by atoms with E-state index in [9.17, 15) is 0 Å². The SMILES string of the molecule is CCCC(CCC)Cc1nccn1Cc1ccccc1. The fourth-order valence-corrected chi connectivity index (χ4v) is 2.88. The highest BCUT2D eigenvalue weighted by Gasteiger charge is 2.12. The normalized spacial score (nSPS) is 11.2. The van der Waals surface area contributed by atoms with Gasteiger partial charge in [-0.1, -0.05) is 69.9 Å². The number of rotatable bonds is 8. The van der Waals surface area contributed by atoms with Crippen LogP contribution in [0.2, 0.25) is 0 Å². The molecule has 0 fully saturated rings. The minimum absolute atomic E-state index is 0.780. The van der Waals surface area contributed by atoms with E-state index < -0.39 is 0 Å². The largest absolute Gasteiger partial charge is 0.331 e. The number of aromatic nitrogens is 2. The van der Waals surface area contributed by atoms with Gasteiger partial charge in [-0.15, -0.1) is 0 Å². The Hall–Kier alpha value is -1.57. The van der Waals surface area contributed by atoms with Crippen molar-refractivity contribution in [3.8, 4) is 0 Å². The third-order valence-electron chi connectivity index (χ3n) is 3.86. The van der Waals surface area contributed by atoms with Gasteiger partial charge in [0.2, 0.25) is 0 Å². The molecule has 0 radical (unpaired) electrons. The van der Waals surface area contributed by atoms with Crippen LogP contribution < -0.4 is 0 Å². The summed E-state index contributed by atoms with van der Waals surface area (Å²) in [5.41, 5.74) is 1.34. The van der Waals surface area contributed by atoms with Crippen molar-refractivity contribution in [2.45, 2.75) is 52.5 Å². The maximum Gasteiger partial charge on any atom is 0.109 e. The van der Waals surface area contributed by atoms with Gasteiger partial charge in [0.1, 0.15) is 5.82 Å². The van der Waals surface area contributed by atoms with E-state index in [1.165, 1.54) is 37.1 Å². The summed E-state index contributed by atoms with van der Waals surface area (Å²) < 4.78 is 2.30. The van der Waals surface area contributed by atoms with Gasteiger partial charge >= 0.3 is 0 Å². The quantitative estimate of drug-likeness (QED) is 0.680. The standard InChI is InChI=1S/C18H26N2/c1-3-8-16(9-4-2)14-18-19-12-13-20(18)15-17-10-6-5-7-11-17/h5-7,10-13,16H,3-4,8-9,14-15H2,1-2H3. The zero-order chi connectivity index (χ0) is 14.2. The number of hydrogen-bond acceptors (Lipinski definition) is 1. The van der Waals surface area contributed by atoms with Crippen molar-refractivity contribution in [2.75, 3.05) is 0 Å². The van der Waals surface area contributed by atoms with Crippen molar-refractivity contribution < 1.29 is 0 Å². The second-order valence-corrected chi connectivity index (χ2v) is 5.60. The Kier molecular flexibility index (Phi) is 5.85. The summed E-state index contributed by atoms with van der Waals surface area (Å²) in [7, 11) is 0. The fraction of sp³-hybridized carbons (Fsp3) is 0.500. The molecule has 0 unspecified atom stereocenters. The maximum atomic E-state index is 4.58. The molecule has 1 aromatic heterocycles. The Labute approximate surface area is 122 Å². The molecule has 0 saturated heterocycles. The lowest BCUT2D eigenvalue weighted by Crippen LogP contribution is -2.11. The molecule has 108 valence electrons. The van der Waals surface area contributed by atoms with E-state index >= 15 is 0 Å². The molecule has 0 amide bonds. The summed E-state index contributed by atoms with van der Waals surface area (Å²) in [5, 5.41) is 0. The van der Waals surface area contributed by atoms with Crippen LogP contribution in [0, 0.1) is 5.92 Å². The predicted molar refractivity (Wildman–Crippen MR) is 84.8 cm³/mol. The van der Waals surface area contributed by atoms with Crippen LogP contribution >= 0.6 is 0 Å². The molecule has 20 heavy (non-hydrogen) atoms. The topological polar surface area (TPSA) is 17.8 Å². The molecule has 0 saturated carbocycles. The summed E-state index contributed by atoms with van der Waals surface area (Å²) in [4.78, 5) is 4.58. The summed E-state index contributed by atoms with van der Waals surface area (Å²) in [6.45, 7) is 5.49. The van der Waals surface area contributed by atoms with Crippen LogP contribution in [0.25, 0.3) is 0 Å². The third kappa shape index (κ3) is 4.22. The highest BCUT2D eigenvalue weighted by molar-refractivity contribution is 5.15. The van der Waals surface area contributed by atoms with Gasteiger partial charge in [0.05, 0.1) is 0 Å². The van der Waals surface area contributed by atoms with Crippen molar-refractivity contribution in [3.05, 3.63) is 54.1 Å². The van der Waals surface area contributed by atoms with Crippen LogP contribution in [0.1, 0.15) is 50.9 Å². The summed E-state index contributed by atoms with van der Waals surface area (Å²) >= 11 is 0. The van der Waals surface area contributed by atoms with Crippen molar-refractivity contribution >= 4 is 0 Å². The number of nitrogens with zero attached hydrogens (tertiary/aromatic N) is 2. The van der Waals surface area contributed by atoms with Crippen LogP contribution in [-0.4, -0.2) is 9.55 Å². The molecule has 0 spiro atoms. The third-order valence-corrected chi connectivity index (χ3v) is 3.86. The van der Waals surface area contributed by atoms with Crippen LogP contribution in [0.5, 0.6) is 0 Å². The Morgan fingerprint density at radius 1 is 1.05 bits per heavy atom. The Morgan fingerprint density at radius 3 is 2.40 bits per heavy atom. The van der Waals surface area contributed by atoms with Crippen molar-refractivity contribution in [3.63, 3.8) is 0 Å². The molecule has 1 heterocycles. The van der Waals surface area contributed by atoms with E-state index in [2.05, 4.69) is 59.9 Å². The van der Waals surface area contributed by atoms with Crippen molar-refractivity contribution in [2.24, 2.45) is 5.92 Å². The van der Waals surface area contributed by atoms with E-state index in [1.54, 1.807) is 0 Å². The Morgan fingerprint density at radius 2 is 1.75 bits per heavy atom. The fourth-order valence-electron chi connectivity index (χ4n) is 2.88. The van der Waals surface area contributed by atoms with Gasteiger partial charge in [-0.05, 0) is 11.5 Å². The van der Waals surface area contributed by atoms with Crippen LogP contribution in [0.3, 0.4) is 0 Å². The highest BCUT2D eigenvalue weighted by Crippen LogP contribution is 2.19. The highest BCUT2D eigenvalue weighted by atomic mass is 15.1. The van der Waals surface area contributed by atoms with E-state index in [0.717, 1.165) is 18.9 Å². The lowest BCUT2D eigenvalue weighted by Gasteiger charge is -2.16. The van der Waals surface area contributed by atoms with E-state index in [4.69, 9.17) is 0 Å². The number of hydrogen-bond donors (Lipinski definition) is 0. The van der Waals surface area contributed by atoms with Gasteiger partial charge in [-0.25, -0.2) is 4.98 Å². The van der Waals surface area contributed by atoms with E-state index in [1.807, 2.05) is 6.20 Å². The zero-order valence-corrected chi connectivity index (χ0v) is 12.8. The predicted octanol–water partition coefficient (Wildman–Crippen LogP) is 4.69. The van der Waals surface area contributed by atoms with E-state index in [0.29, 0.717) is 0 Å². The molecule has 1 aromatic carbocycles. The Bertz CT molecular complexity index is 481. The van der Waals surface area contributed by atoms with Crippen LogP contribution in [-0.2, 0) is 13.0 Å². The maximum absolute atomic E-state index is 4.58. The lowest BCUT2D eigenvalue weighted by molar-refractivity contribution is 0.423. The summed E-state index contributed by atoms with van der Waals surface area (Å²) in [6, 6.07) is 10.6. The van der Waals surface area contributed by atoms with E-state index in [-0.39, 0.29) is 0 Å². The van der Waals surface area contributed by atoms with Gasteiger partial charge in [-0.2, -0.15) is 0 Å². The molecule has 2 aromatic rings. The van der Waals surface area contributed by atoms with Crippen molar-refractivity contribution in [1.29, 1.82) is 0 Å². The summed E-state index contributed by atoms with van der Waals surface area (Å²) in [6.07, 6.45) is 10.3. The molecule has 2 rings (SSSR count). The first-order chi connectivity index (χ1) is 9.83. The van der Waals surface area contributed by atoms with Crippen LogP contribution in [0.4, 0.5) is 0 Å². The molecular weight excluding hydrogens is 244 g/mol. The first-order valence-electron chi connectivity index (χ1n) is 7.87. The first-order valence-corrected chi connectivity index (χ1v) is 7.87. The lowest BCUT2D eigenvalue weighted by atomic mass is 9.94. The molecule has 0 N–H and O–H groups in total. The zero-order valence-electron chi connectivity index (χ0n) is 12.8. The van der Waals surface area contributed by atoms with Crippen molar-refractivity contribution in [1.82, 2.24) is 9.55 Å². The average molecular weight is 270 g/mol. The first kappa shape index (κ1) is 14.8. The average Bonchev–Trinajstić information content (AvgIpc) is 2.88. The number of benzene rings is 1. The molecule has 0 aliphatic heterocycles.